The number of hydrogen-bond acceptors (Lipinski definition) is 6. The summed E-state index contributed by atoms with van der Waals surface area (Å²) in [6.45, 7) is 1.91. The summed E-state index contributed by atoms with van der Waals surface area (Å²) < 4.78 is 17.1. The van der Waals surface area contributed by atoms with E-state index in [0.717, 1.165) is 12.8 Å². The van der Waals surface area contributed by atoms with Crippen LogP contribution in [0.3, 0.4) is 0 Å². The zero-order valence-corrected chi connectivity index (χ0v) is 20.0. The summed E-state index contributed by atoms with van der Waals surface area (Å²) in [5.41, 5.74) is -0.489. The Balaban J connectivity index is 1.32. The summed E-state index contributed by atoms with van der Waals surface area (Å²) in [7, 11) is 0. The SMILES string of the molecule is O=C(NC[C@@H]1CCCO1)[C@@H]1COC2(CCN(C(=O)c3cccc(Cl)c3)CC2)N1C(=O)c1ccco1. The number of amides is 3. The Kier molecular flexibility index (Phi) is 6.82. The van der Waals surface area contributed by atoms with E-state index in [9.17, 15) is 14.4 Å². The van der Waals surface area contributed by atoms with Gasteiger partial charge in [-0.3, -0.25) is 19.3 Å². The van der Waals surface area contributed by atoms with Gasteiger partial charge in [0.05, 0.1) is 19.0 Å². The van der Waals surface area contributed by atoms with Crippen molar-refractivity contribution in [1.29, 1.82) is 0 Å². The first-order valence-corrected chi connectivity index (χ1v) is 12.3. The van der Waals surface area contributed by atoms with Gasteiger partial charge in [-0.25, -0.2) is 0 Å². The molecule has 1 aromatic carbocycles. The molecule has 4 heterocycles. The first-order chi connectivity index (χ1) is 17.0. The van der Waals surface area contributed by atoms with Crippen molar-refractivity contribution in [2.45, 2.75) is 43.6 Å². The van der Waals surface area contributed by atoms with Crippen LogP contribution in [-0.4, -0.2) is 78.2 Å². The van der Waals surface area contributed by atoms with Crippen molar-refractivity contribution in [2.24, 2.45) is 0 Å². The number of likely N-dealkylation sites (tertiary alicyclic amines) is 1. The average molecular weight is 502 g/mol. The lowest BCUT2D eigenvalue weighted by Crippen LogP contribution is -2.60. The van der Waals surface area contributed by atoms with E-state index in [4.69, 9.17) is 25.5 Å². The molecular formula is C25H28ClN3O6. The third kappa shape index (κ3) is 4.80. The monoisotopic (exact) mass is 501 g/mol. The minimum absolute atomic E-state index is 0.00908. The zero-order valence-electron chi connectivity index (χ0n) is 19.3. The molecule has 1 N–H and O–H groups in total. The molecule has 3 aliphatic heterocycles. The van der Waals surface area contributed by atoms with E-state index in [0.29, 0.717) is 49.7 Å². The summed E-state index contributed by atoms with van der Waals surface area (Å²) in [6, 6.07) is 9.24. The molecule has 0 aliphatic carbocycles. The Morgan fingerprint density at radius 2 is 1.94 bits per heavy atom. The number of rotatable bonds is 5. The lowest BCUT2D eigenvalue weighted by atomic mass is 9.96. The van der Waals surface area contributed by atoms with E-state index in [1.165, 1.54) is 11.2 Å². The highest BCUT2D eigenvalue weighted by Crippen LogP contribution is 2.39. The van der Waals surface area contributed by atoms with Crippen LogP contribution in [0.1, 0.15) is 46.6 Å². The number of piperidine rings is 1. The van der Waals surface area contributed by atoms with Gasteiger partial charge in [0.15, 0.2) is 5.76 Å². The number of carbonyl (C=O) groups is 3. The summed E-state index contributed by atoms with van der Waals surface area (Å²) in [5, 5.41) is 3.42. The molecule has 0 saturated carbocycles. The van der Waals surface area contributed by atoms with Crippen molar-refractivity contribution < 1.29 is 28.3 Å². The van der Waals surface area contributed by atoms with Gasteiger partial charge in [0.1, 0.15) is 11.8 Å². The Hall–Kier alpha value is -2.88. The van der Waals surface area contributed by atoms with Crippen molar-refractivity contribution >= 4 is 29.3 Å². The standard InChI is InChI=1S/C25H28ClN3O6/c26-18-5-1-4-17(14-18)23(31)28-10-8-25(9-11-28)29(24(32)21-7-3-13-34-21)20(16-35-25)22(30)27-15-19-6-2-12-33-19/h1,3-5,7,13-14,19-20H,2,6,8-12,15-16H2,(H,27,30)/t19-,20-/m0/s1. The second-order valence-corrected chi connectivity index (χ2v) is 9.54. The number of furan rings is 1. The molecule has 186 valence electrons. The zero-order chi connectivity index (χ0) is 24.4. The molecule has 3 fully saturated rings. The summed E-state index contributed by atoms with van der Waals surface area (Å²) in [4.78, 5) is 42.9. The largest absolute Gasteiger partial charge is 0.459 e. The van der Waals surface area contributed by atoms with Crippen LogP contribution >= 0.6 is 11.6 Å². The molecule has 5 rings (SSSR count). The van der Waals surface area contributed by atoms with Crippen LogP contribution in [-0.2, 0) is 14.3 Å². The molecule has 0 unspecified atom stereocenters. The first kappa shape index (κ1) is 23.8. The summed E-state index contributed by atoms with van der Waals surface area (Å²) >= 11 is 6.05. The molecule has 35 heavy (non-hydrogen) atoms. The molecule has 0 radical (unpaired) electrons. The van der Waals surface area contributed by atoms with Crippen LogP contribution in [0, 0.1) is 0 Å². The Morgan fingerprint density at radius 3 is 2.63 bits per heavy atom. The predicted molar refractivity (Wildman–Crippen MR) is 126 cm³/mol. The second kappa shape index (κ2) is 10.0. The maximum Gasteiger partial charge on any atom is 0.292 e. The fourth-order valence-corrected chi connectivity index (χ4v) is 5.28. The lowest BCUT2D eigenvalue weighted by molar-refractivity contribution is -0.128. The highest BCUT2D eigenvalue weighted by Gasteiger charge is 2.54. The van der Waals surface area contributed by atoms with Gasteiger partial charge >= 0.3 is 0 Å². The number of benzene rings is 1. The Morgan fingerprint density at radius 1 is 1.11 bits per heavy atom. The Labute approximate surface area is 208 Å². The van der Waals surface area contributed by atoms with Crippen LogP contribution in [0.5, 0.6) is 0 Å². The van der Waals surface area contributed by atoms with E-state index in [1.807, 2.05) is 0 Å². The quantitative estimate of drug-likeness (QED) is 0.676. The molecular weight excluding hydrogens is 474 g/mol. The van der Waals surface area contributed by atoms with Crippen molar-refractivity contribution in [1.82, 2.24) is 15.1 Å². The van der Waals surface area contributed by atoms with E-state index < -0.39 is 17.7 Å². The van der Waals surface area contributed by atoms with Gasteiger partial charge in [-0.15, -0.1) is 0 Å². The minimum atomic E-state index is -0.999. The number of carbonyl (C=O) groups excluding carboxylic acids is 3. The molecule has 9 nitrogen and oxygen atoms in total. The topological polar surface area (TPSA) is 101 Å². The highest BCUT2D eigenvalue weighted by molar-refractivity contribution is 6.30. The normalized spacial score (nSPS) is 23.6. The third-order valence-electron chi connectivity index (χ3n) is 6.95. The lowest BCUT2D eigenvalue weighted by Gasteiger charge is -2.44. The number of ether oxygens (including phenoxy) is 2. The van der Waals surface area contributed by atoms with Gasteiger partial charge in [0.25, 0.3) is 11.8 Å². The maximum absolute atomic E-state index is 13.5. The first-order valence-electron chi connectivity index (χ1n) is 11.9. The Bertz CT molecular complexity index is 1080. The second-order valence-electron chi connectivity index (χ2n) is 9.11. The van der Waals surface area contributed by atoms with Crippen LogP contribution in [0.2, 0.25) is 5.02 Å². The molecule has 2 aromatic rings. The van der Waals surface area contributed by atoms with Gasteiger partial charge in [-0.1, -0.05) is 17.7 Å². The summed E-state index contributed by atoms with van der Waals surface area (Å²) in [5.74, 6) is -0.673. The number of hydrogen-bond donors (Lipinski definition) is 1. The molecule has 0 bridgehead atoms. The molecule has 3 aliphatic rings. The summed E-state index contributed by atoms with van der Waals surface area (Å²) in [6.07, 6.45) is 4.05. The smallest absolute Gasteiger partial charge is 0.292 e. The van der Waals surface area contributed by atoms with Crippen LogP contribution < -0.4 is 5.32 Å². The average Bonchev–Trinajstić information content (AvgIpc) is 3.64. The van der Waals surface area contributed by atoms with Crippen molar-refractivity contribution in [3.8, 4) is 0 Å². The van der Waals surface area contributed by atoms with Crippen LogP contribution in [0.4, 0.5) is 0 Å². The number of halogens is 1. The fourth-order valence-electron chi connectivity index (χ4n) is 5.09. The van der Waals surface area contributed by atoms with Crippen molar-refractivity contribution in [3.05, 3.63) is 59.0 Å². The highest BCUT2D eigenvalue weighted by atomic mass is 35.5. The van der Waals surface area contributed by atoms with Crippen LogP contribution in [0.25, 0.3) is 0 Å². The number of nitrogens with one attached hydrogen (secondary N) is 1. The fraction of sp³-hybridized carbons (Fsp3) is 0.480. The molecule has 1 spiro atoms. The van der Waals surface area contributed by atoms with Gasteiger partial charge in [0.2, 0.25) is 5.91 Å². The molecule has 1 aromatic heterocycles. The van der Waals surface area contributed by atoms with Gasteiger partial charge in [-0.2, -0.15) is 0 Å². The predicted octanol–water partition coefficient (Wildman–Crippen LogP) is 2.70. The minimum Gasteiger partial charge on any atom is -0.459 e. The van der Waals surface area contributed by atoms with Crippen molar-refractivity contribution in [3.63, 3.8) is 0 Å². The van der Waals surface area contributed by atoms with Gasteiger partial charge in [0, 0.05) is 49.7 Å². The molecule has 3 amide bonds. The van der Waals surface area contributed by atoms with E-state index in [-0.39, 0.29) is 30.3 Å². The molecule has 3 saturated heterocycles. The number of nitrogens with zero attached hydrogens (tertiary/aromatic N) is 2. The third-order valence-corrected chi connectivity index (χ3v) is 7.18. The maximum atomic E-state index is 13.5. The van der Waals surface area contributed by atoms with Gasteiger partial charge < -0.3 is 24.1 Å². The molecule has 10 heteroatoms. The van der Waals surface area contributed by atoms with Gasteiger partial charge in [-0.05, 0) is 43.2 Å². The van der Waals surface area contributed by atoms with E-state index in [2.05, 4.69) is 5.32 Å². The van der Waals surface area contributed by atoms with Crippen molar-refractivity contribution in [2.75, 3.05) is 32.8 Å². The van der Waals surface area contributed by atoms with Crippen LogP contribution in [0.15, 0.2) is 47.1 Å². The van der Waals surface area contributed by atoms with E-state index in [1.54, 1.807) is 41.3 Å². The molecule has 2 atom stereocenters. The van der Waals surface area contributed by atoms with E-state index >= 15 is 0 Å².